The molecule has 0 aromatic heterocycles. The van der Waals surface area contributed by atoms with Crippen LogP contribution in [0.4, 0.5) is 0 Å². The number of fused-ring (bicyclic) bond motifs is 1. The van der Waals surface area contributed by atoms with Crippen molar-refractivity contribution < 1.29 is 23.1 Å². The molecular weight excluding hydrogens is 270 g/mol. The van der Waals surface area contributed by atoms with Crippen LogP contribution in [0, 0.1) is 0 Å². The molecule has 0 aliphatic carbocycles. The van der Waals surface area contributed by atoms with Gasteiger partial charge in [-0.15, -0.1) is 0 Å². The van der Waals surface area contributed by atoms with Gasteiger partial charge >= 0.3 is 5.97 Å². The third kappa shape index (κ3) is 2.31. The summed E-state index contributed by atoms with van der Waals surface area (Å²) in [7, 11) is -2.63. The Morgan fingerprint density at radius 2 is 2.16 bits per heavy atom. The Morgan fingerprint density at radius 1 is 1.47 bits per heavy atom. The molecule has 19 heavy (non-hydrogen) atoms. The summed E-state index contributed by atoms with van der Waals surface area (Å²) in [6, 6.07) is 3.74. The number of hydrogen-bond donors (Lipinski definition) is 1. The summed E-state index contributed by atoms with van der Waals surface area (Å²) in [6.07, 6.45) is 0.664. The zero-order valence-corrected chi connectivity index (χ0v) is 11.5. The standard InChI is InChI=1S/C12H15NO5S/c1-8(12(14)15)13(2)19(16,17)10-5-3-4-9-6-7-18-11(9)10/h3-5,8H,6-7H2,1-2H3,(H,14,15). The number of carboxylic acid groups (broad SMARTS) is 1. The molecule has 0 bridgehead atoms. The molecule has 0 fully saturated rings. The van der Waals surface area contributed by atoms with Crippen molar-refractivity contribution in [2.75, 3.05) is 13.7 Å². The average molecular weight is 285 g/mol. The molecule has 104 valence electrons. The van der Waals surface area contributed by atoms with E-state index in [4.69, 9.17) is 9.84 Å². The molecular formula is C12H15NO5S. The van der Waals surface area contributed by atoms with E-state index >= 15 is 0 Å². The van der Waals surface area contributed by atoms with Crippen molar-refractivity contribution in [2.24, 2.45) is 0 Å². The van der Waals surface area contributed by atoms with Gasteiger partial charge in [0.15, 0.2) is 0 Å². The van der Waals surface area contributed by atoms with E-state index in [1.165, 1.54) is 20.0 Å². The molecule has 0 spiro atoms. The lowest BCUT2D eigenvalue weighted by Gasteiger charge is -2.22. The third-order valence-electron chi connectivity index (χ3n) is 3.24. The van der Waals surface area contributed by atoms with E-state index in [0.29, 0.717) is 18.8 Å². The number of nitrogens with zero attached hydrogens (tertiary/aromatic N) is 1. The van der Waals surface area contributed by atoms with E-state index in [9.17, 15) is 13.2 Å². The number of likely N-dealkylation sites (N-methyl/N-ethyl adjacent to an activating group) is 1. The molecule has 7 heteroatoms. The molecule has 1 heterocycles. The van der Waals surface area contributed by atoms with Crippen LogP contribution in [0.25, 0.3) is 0 Å². The van der Waals surface area contributed by atoms with Gasteiger partial charge in [-0.2, -0.15) is 4.31 Å². The van der Waals surface area contributed by atoms with Crippen molar-refractivity contribution in [1.82, 2.24) is 4.31 Å². The van der Waals surface area contributed by atoms with Crippen molar-refractivity contribution in [2.45, 2.75) is 24.3 Å². The summed E-state index contributed by atoms with van der Waals surface area (Å²) >= 11 is 0. The Hall–Kier alpha value is -1.60. The van der Waals surface area contributed by atoms with Crippen molar-refractivity contribution in [3.8, 4) is 5.75 Å². The van der Waals surface area contributed by atoms with Gasteiger partial charge in [-0.05, 0) is 18.6 Å². The van der Waals surface area contributed by atoms with Crippen molar-refractivity contribution in [3.63, 3.8) is 0 Å². The Bertz CT molecular complexity index is 611. The van der Waals surface area contributed by atoms with Gasteiger partial charge in [0.25, 0.3) is 0 Å². The predicted molar refractivity (Wildman–Crippen MR) is 67.7 cm³/mol. The fraction of sp³-hybridized carbons (Fsp3) is 0.417. The van der Waals surface area contributed by atoms with Crippen molar-refractivity contribution in [3.05, 3.63) is 23.8 Å². The number of carbonyl (C=O) groups is 1. The molecule has 1 aromatic rings. The molecule has 1 aliphatic rings. The third-order valence-corrected chi connectivity index (χ3v) is 5.19. The van der Waals surface area contributed by atoms with Crippen molar-refractivity contribution >= 4 is 16.0 Å². The van der Waals surface area contributed by atoms with Crippen LogP contribution in [0.15, 0.2) is 23.1 Å². The molecule has 1 unspecified atom stereocenters. The number of aliphatic carboxylic acids is 1. The number of carboxylic acids is 1. The van der Waals surface area contributed by atoms with Crippen LogP contribution in [-0.2, 0) is 21.2 Å². The molecule has 1 aliphatic heterocycles. The van der Waals surface area contributed by atoms with Crippen LogP contribution in [-0.4, -0.2) is 43.5 Å². The highest BCUT2D eigenvalue weighted by molar-refractivity contribution is 7.89. The van der Waals surface area contributed by atoms with E-state index in [0.717, 1.165) is 9.87 Å². The lowest BCUT2D eigenvalue weighted by molar-refractivity contribution is -0.140. The number of para-hydroxylation sites is 1. The topological polar surface area (TPSA) is 83.9 Å². The predicted octanol–water partition coefficient (Wildman–Crippen LogP) is 0.715. The summed E-state index contributed by atoms with van der Waals surface area (Å²) in [6.45, 7) is 1.77. The molecule has 0 saturated heterocycles. The summed E-state index contributed by atoms with van der Waals surface area (Å²) in [5.41, 5.74) is 0.831. The quantitative estimate of drug-likeness (QED) is 0.881. The molecule has 2 rings (SSSR count). The van der Waals surface area contributed by atoms with E-state index in [1.807, 2.05) is 6.07 Å². The Balaban J connectivity index is 2.46. The van der Waals surface area contributed by atoms with E-state index in [-0.39, 0.29) is 4.90 Å². The second-order valence-electron chi connectivity index (χ2n) is 4.38. The number of ether oxygens (including phenoxy) is 1. The highest BCUT2D eigenvalue weighted by atomic mass is 32.2. The number of hydrogen-bond acceptors (Lipinski definition) is 4. The highest BCUT2D eigenvalue weighted by Crippen LogP contribution is 2.34. The monoisotopic (exact) mass is 285 g/mol. The minimum Gasteiger partial charge on any atom is -0.492 e. The van der Waals surface area contributed by atoms with E-state index < -0.39 is 22.0 Å². The Morgan fingerprint density at radius 3 is 2.79 bits per heavy atom. The van der Waals surface area contributed by atoms with Gasteiger partial charge in [0.1, 0.15) is 16.7 Å². The Kier molecular flexibility index (Phi) is 3.51. The van der Waals surface area contributed by atoms with Gasteiger partial charge in [0, 0.05) is 13.5 Å². The second-order valence-corrected chi connectivity index (χ2v) is 6.34. The average Bonchev–Trinajstić information content (AvgIpc) is 2.84. The zero-order valence-electron chi connectivity index (χ0n) is 10.7. The fourth-order valence-electron chi connectivity index (χ4n) is 1.91. The summed E-state index contributed by atoms with van der Waals surface area (Å²) in [5, 5.41) is 8.92. The minimum absolute atomic E-state index is 0.0260. The first-order chi connectivity index (χ1) is 8.85. The van der Waals surface area contributed by atoms with Crippen LogP contribution >= 0.6 is 0 Å². The number of rotatable bonds is 4. The van der Waals surface area contributed by atoms with Crippen LogP contribution in [0.5, 0.6) is 5.75 Å². The van der Waals surface area contributed by atoms with E-state index in [1.54, 1.807) is 6.07 Å². The van der Waals surface area contributed by atoms with Gasteiger partial charge in [-0.25, -0.2) is 8.42 Å². The van der Waals surface area contributed by atoms with Crippen molar-refractivity contribution in [1.29, 1.82) is 0 Å². The fourth-order valence-corrected chi connectivity index (χ4v) is 3.40. The SMILES string of the molecule is CC(C(=O)O)N(C)S(=O)(=O)c1cccc2c1OCC2. The van der Waals surface area contributed by atoms with Gasteiger partial charge in [-0.1, -0.05) is 12.1 Å². The lowest BCUT2D eigenvalue weighted by Crippen LogP contribution is -2.40. The van der Waals surface area contributed by atoms with Crippen LogP contribution in [0.1, 0.15) is 12.5 Å². The largest absolute Gasteiger partial charge is 0.492 e. The summed E-state index contributed by atoms with van der Waals surface area (Å²) in [5.74, 6) is -0.855. The minimum atomic E-state index is -3.88. The molecule has 1 N–H and O–H groups in total. The molecule has 0 amide bonds. The zero-order chi connectivity index (χ0) is 14.2. The summed E-state index contributed by atoms with van der Waals surface area (Å²) < 4.78 is 31.0. The molecule has 1 aromatic carbocycles. The first-order valence-corrected chi connectivity index (χ1v) is 7.25. The van der Waals surface area contributed by atoms with Gasteiger partial charge in [0.2, 0.25) is 10.0 Å². The highest BCUT2D eigenvalue weighted by Gasteiger charge is 2.33. The molecule has 1 atom stereocenters. The normalized spacial score (nSPS) is 15.9. The first kappa shape index (κ1) is 13.8. The van der Waals surface area contributed by atoms with Crippen LogP contribution in [0.3, 0.4) is 0 Å². The molecule has 0 radical (unpaired) electrons. The number of sulfonamides is 1. The molecule has 0 saturated carbocycles. The Labute approximate surface area is 111 Å². The second kappa shape index (κ2) is 4.82. The van der Waals surface area contributed by atoms with Crippen LogP contribution < -0.4 is 4.74 Å². The summed E-state index contributed by atoms with van der Waals surface area (Å²) in [4.78, 5) is 10.9. The number of benzene rings is 1. The van der Waals surface area contributed by atoms with E-state index in [2.05, 4.69) is 0 Å². The molecule has 6 nitrogen and oxygen atoms in total. The maximum absolute atomic E-state index is 12.4. The van der Waals surface area contributed by atoms with Gasteiger partial charge in [-0.3, -0.25) is 4.79 Å². The maximum Gasteiger partial charge on any atom is 0.321 e. The van der Waals surface area contributed by atoms with Gasteiger partial charge in [0.05, 0.1) is 6.61 Å². The smallest absolute Gasteiger partial charge is 0.321 e. The first-order valence-electron chi connectivity index (χ1n) is 5.81. The van der Waals surface area contributed by atoms with Gasteiger partial charge < -0.3 is 9.84 Å². The van der Waals surface area contributed by atoms with Crippen LogP contribution in [0.2, 0.25) is 0 Å². The lowest BCUT2D eigenvalue weighted by atomic mass is 10.2. The maximum atomic E-state index is 12.4.